The molecule has 0 spiro atoms. The van der Waals surface area contributed by atoms with Gasteiger partial charge in [0, 0.05) is 37.4 Å². The summed E-state index contributed by atoms with van der Waals surface area (Å²) in [5.74, 6) is 4.05. The molecule has 4 N–H and O–H groups in total. The van der Waals surface area contributed by atoms with E-state index in [1.165, 1.54) is 37.1 Å². The highest BCUT2D eigenvalue weighted by Gasteiger charge is 2.28. The first-order valence-electron chi connectivity index (χ1n) is 12.2. The van der Waals surface area contributed by atoms with E-state index >= 15 is 0 Å². The van der Waals surface area contributed by atoms with E-state index in [4.69, 9.17) is 24.4 Å². The molecule has 0 aromatic carbocycles. The highest BCUT2D eigenvalue weighted by atomic mass is 32.1. The van der Waals surface area contributed by atoms with Gasteiger partial charge in [0.1, 0.15) is 0 Å². The Morgan fingerprint density at radius 1 is 0.719 bits per heavy atom. The maximum Gasteiger partial charge on any atom is 0.186 e. The molecule has 0 aromatic heterocycles. The third kappa shape index (κ3) is 10.1. The summed E-state index contributed by atoms with van der Waals surface area (Å²) in [5.41, 5.74) is 8.40. The minimum absolute atomic E-state index is 0.591. The second-order valence-corrected chi connectivity index (χ2v) is 10.9. The van der Waals surface area contributed by atoms with Crippen LogP contribution in [-0.2, 0) is 0 Å². The molecule has 32 heavy (non-hydrogen) atoms. The van der Waals surface area contributed by atoms with Gasteiger partial charge in [0.2, 0.25) is 0 Å². The summed E-state index contributed by atoms with van der Waals surface area (Å²) >= 11 is 10.1. The van der Waals surface area contributed by atoms with Gasteiger partial charge in [0.25, 0.3) is 0 Å². The Balaban J connectivity index is 0.000000320. The summed E-state index contributed by atoms with van der Waals surface area (Å²) < 4.78 is 0. The molecule has 2 aliphatic carbocycles. The Hall–Kier alpha value is -1.28. The molecule has 0 bridgehead atoms. The first-order valence-corrected chi connectivity index (χ1v) is 13.0. The van der Waals surface area contributed by atoms with Crippen LogP contribution in [0.3, 0.4) is 0 Å². The van der Waals surface area contributed by atoms with Crippen molar-refractivity contribution in [3.05, 3.63) is 0 Å². The van der Waals surface area contributed by atoms with Crippen LogP contribution in [0.4, 0.5) is 0 Å². The van der Waals surface area contributed by atoms with Crippen molar-refractivity contribution >= 4 is 46.1 Å². The standard InChI is InChI=1S/2C12H23N3S/c2*1-8(2)10-6-5-9(3)7-11(10)14-15-12(16)13-4/h2*8-10H,5-7H2,1-4H3,(H2,13,15,16)/b14-11+;14-11-/t9-,10+;9-,10-/m11/s1. The zero-order valence-corrected chi connectivity index (χ0v) is 23.1. The first kappa shape index (κ1) is 28.8. The number of hydrazone groups is 2. The highest BCUT2D eigenvalue weighted by molar-refractivity contribution is 7.80. The van der Waals surface area contributed by atoms with Gasteiger partial charge in [-0.05, 0) is 86.6 Å². The number of thiocarbonyl (C=S) groups is 2. The van der Waals surface area contributed by atoms with Crippen LogP contribution in [0.2, 0.25) is 0 Å². The summed E-state index contributed by atoms with van der Waals surface area (Å²) in [6, 6.07) is 0. The van der Waals surface area contributed by atoms with Gasteiger partial charge in [0.15, 0.2) is 10.2 Å². The van der Waals surface area contributed by atoms with Crippen molar-refractivity contribution in [2.24, 2.45) is 45.7 Å². The monoisotopic (exact) mass is 482 g/mol. The predicted octanol–water partition coefficient (Wildman–Crippen LogP) is 5.06. The smallest absolute Gasteiger partial charge is 0.186 e. The molecule has 0 unspecified atom stereocenters. The normalized spacial score (nSPS) is 28.2. The molecule has 6 nitrogen and oxygen atoms in total. The molecule has 0 amide bonds. The number of rotatable bonds is 4. The molecule has 2 rings (SSSR count). The van der Waals surface area contributed by atoms with Crippen molar-refractivity contribution < 1.29 is 0 Å². The van der Waals surface area contributed by atoms with Crippen molar-refractivity contribution in [2.45, 2.75) is 80.1 Å². The lowest BCUT2D eigenvalue weighted by Crippen LogP contribution is -2.33. The van der Waals surface area contributed by atoms with Gasteiger partial charge in [-0.1, -0.05) is 41.5 Å². The van der Waals surface area contributed by atoms with Crippen molar-refractivity contribution in [3.63, 3.8) is 0 Å². The Kier molecular flexibility index (Phi) is 13.3. The van der Waals surface area contributed by atoms with E-state index in [1.807, 2.05) is 0 Å². The molecular formula is C24H46N6S2. The third-order valence-corrected chi connectivity index (χ3v) is 7.17. The molecule has 8 heteroatoms. The van der Waals surface area contributed by atoms with Crippen LogP contribution in [0.1, 0.15) is 80.1 Å². The molecule has 2 fully saturated rings. The Morgan fingerprint density at radius 3 is 1.34 bits per heavy atom. The second-order valence-electron chi connectivity index (χ2n) is 10.1. The van der Waals surface area contributed by atoms with Crippen molar-refractivity contribution in [3.8, 4) is 0 Å². The third-order valence-electron chi connectivity index (χ3n) is 6.58. The topological polar surface area (TPSA) is 72.8 Å². The molecule has 2 aliphatic rings. The summed E-state index contributed by atoms with van der Waals surface area (Å²) in [6.07, 6.45) is 7.35. The van der Waals surface area contributed by atoms with E-state index in [9.17, 15) is 0 Å². The second kappa shape index (κ2) is 14.8. The van der Waals surface area contributed by atoms with Crippen molar-refractivity contribution in [1.29, 1.82) is 0 Å². The number of nitrogens with one attached hydrogen (secondary N) is 4. The van der Waals surface area contributed by atoms with Crippen molar-refractivity contribution in [1.82, 2.24) is 21.5 Å². The van der Waals surface area contributed by atoms with E-state index < -0.39 is 0 Å². The van der Waals surface area contributed by atoms with Gasteiger partial charge in [-0.25, -0.2) is 0 Å². The molecule has 2 saturated carbocycles. The van der Waals surface area contributed by atoms with Gasteiger partial charge in [0.05, 0.1) is 0 Å². The van der Waals surface area contributed by atoms with Crippen molar-refractivity contribution in [2.75, 3.05) is 14.1 Å². The average molecular weight is 483 g/mol. The lowest BCUT2D eigenvalue weighted by Gasteiger charge is -2.30. The van der Waals surface area contributed by atoms with Gasteiger partial charge in [-0.15, -0.1) is 0 Å². The van der Waals surface area contributed by atoms with Crippen LogP contribution < -0.4 is 21.5 Å². The van der Waals surface area contributed by atoms with Crippen LogP contribution in [0.5, 0.6) is 0 Å². The predicted molar refractivity (Wildman–Crippen MR) is 147 cm³/mol. The summed E-state index contributed by atoms with van der Waals surface area (Å²) in [5, 5.41) is 15.9. The zero-order valence-electron chi connectivity index (χ0n) is 21.4. The number of nitrogens with zero attached hydrogens (tertiary/aromatic N) is 2. The number of hydrogen-bond acceptors (Lipinski definition) is 4. The molecular weight excluding hydrogens is 436 g/mol. The summed E-state index contributed by atoms with van der Waals surface area (Å²) in [7, 11) is 3.61. The number of hydrogen-bond donors (Lipinski definition) is 4. The zero-order chi connectivity index (χ0) is 24.3. The molecule has 184 valence electrons. The van der Waals surface area contributed by atoms with Crippen LogP contribution in [0, 0.1) is 35.5 Å². The molecule has 0 radical (unpaired) electrons. The molecule has 0 saturated heterocycles. The van der Waals surface area contributed by atoms with E-state index in [-0.39, 0.29) is 0 Å². The summed E-state index contributed by atoms with van der Waals surface area (Å²) in [6.45, 7) is 13.7. The minimum Gasteiger partial charge on any atom is -0.364 e. The Bertz CT molecular complexity index is 603. The van der Waals surface area contributed by atoms with Crippen LogP contribution in [-0.4, -0.2) is 35.7 Å². The van der Waals surface area contributed by atoms with Crippen LogP contribution in [0.15, 0.2) is 10.2 Å². The van der Waals surface area contributed by atoms with E-state index in [1.54, 1.807) is 14.1 Å². The fourth-order valence-electron chi connectivity index (χ4n) is 4.53. The molecule has 0 aromatic rings. The molecule has 4 atom stereocenters. The van der Waals surface area contributed by atoms with E-state index in [0.29, 0.717) is 33.9 Å². The molecule has 0 heterocycles. The fourth-order valence-corrected chi connectivity index (χ4v) is 4.62. The van der Waals surface area contributed by atoms with E-state index in [0.717, 1.165) is 24.7 Å². The maximum atomic E-state index is 5.03. The Labute approximate surface area is 207 Å². The lowest BCUT2D eigenvalue weighted by molar-refractivity contribution is 0.363. The quantitative estimate of drug-likeness (QED) is 0.332. The SMILES string of the molecule is CNC(=S)N/N=C1/C[C@H](C)CC[C@@H]1C(C)C.CNC(=S)N/N=C1\C[C@H](C)CC[C@H]1C(C)C. The van der Waals surface area contributed by atoms with Crippen LogP contribution in [0.25, 0.3) is 0 Å². The molecule has 0 aliphatic heterocycles. The maximum absolute atomic E-state index is 5.03. The van der Waals surface area contributed by atoms with Gasteiger partial charge in [-0.2, -0.15) is 10.2 Å². The van der Waals surface area contributed by atoms with Gasteiger partial charge < -0.3 is 10.6 Å². The van der Waals surface area contributed by atoms with Gasteiger partial charge in [-0.3, -0.25) is 10.9 Å². The first-order chi connectivity index (χ1) is 15.1. The minimum atomic E-state index is 0.591. The lowest BCUT2D eigenvalue weighted by atomic mass is 9.76. The van der Waals surface area contributed by atoms with Crippen LogP contribution >= 0.6 is 24.4 Å². The fraction of sp³-hybridized carbons (Fsp3) is 0.833. The van der Waals surface area contributed by atoms with Gasteiger partial charge >= 0.3 is 0 Å². The largest absolute Gasteiger partial charge is 0.364 e. The van der Waals surface area contributed by atoms with E-state index in [2.05, 4.69) is 73.2 Å². The Morgan fingerprint density at radius 2 is 1.06 bits per heavy atom. The average Bonchev–Trinajstić information content (AvgIpc) is 2.75. The summed E-state index contributed by atoms with van der Waals surface area (Å²) in [4.78, 5) is 0. The highest BCUT2D eigenvalue weighted by Crippen LogP contribution is 2.32.